The van der Waals surface area contributed by atoms with E-state index in [1.165, 1.54) is 36.4 Å². The Morgan fingerprint density at radius 2 is 1.88 bits per heavy atom. The fraction of sp³-hybridized carbons (Fsp3) is 0.0800. The highest BCUT2D eigenvalue weighted by atomic mass is 35.5. The third-order valence-electron chi connectivity index (χ3n) is 5.08. The molecule has 34 heavy (non-hydrogen) atoms. The topological polar surface area (TPSA) is 95.9 Å². The van der Waals surface area contributed by atoms with Crippen LogP contribution in [0.5, 0.6) is 5.75 Å². The number of amides is 3. The van der Waals surface area contributed by atoms with E-state index in [1.807, 2.05) is 0 Å². The summed E-state index contributed by atoms with van der Waals surface area (Å²) in [6.45, 7) is -0.0773. The molecule has 0 saturated carbocycles. The Balaban J connectivity index is 1.45. The van der Waals surface area contributed by atoms with Crippen molar-refractivity contribution < 1.29 is 28.6 Å². The number of nitrogens with zero attached hydrogens (tertiary/aromatic N) is 1. The van der Waals surface area contributed by atoms with E-state index in [0.717, 1.165) is 4.90 Å². The van der Waals surface area contributed by atoms with Crippen LogP contribution in [0.15, 0.2) is 72.4 Å². The van der Waals surface area contributed by atoms with Crippen LogP contribution in [0.25, 0.3) is 6.08 Å². The summed E-state index contributed by atoms with van der Waals surface area (Å²) in [5.74, 6) is -1.74. The van der Waals surface area contributed by atoms with Crippen molar-refractivity contribution in [3.63, 3.8) is 0 Å². The molecule has 0 spiro atoms. The molecule has 7 nitrogen and oxygen atoms in total. The summed E-state index contributed by atoms with van der Waals surface area (Å²) >= 11 is 6.31. The van der Waals surface area contributed by atoms with Gasteiger partial charge in [-0.25, -0.2) is 14.0 Å². The van der Waals surface area contributed by atoms with Crippen molar-refractivity contribution in [1.82, 2.24) is 10.2 Å². The highest BCUT2D eigenvalue weighted by Crippen LogP contribution is 2.28. The predicted octanol–water partition coefficient (Wildman–Crippen LogP) is 4.85. The molecule has 1 heterocycles. The zero-order valence-corrected chi connectivity index (χ0v) is 18.4. The number of carbonyl (C=O) groups is 3. The molecule has 0 bridgehead atoms. The van der Waals surface area contributed by atoms with Crippen molar-refractivity contribution in [2.24, 2.45) is 0 Å². The summed E-state index contributed by atoms with van der Waals surface area (Å²) in [6.07, 6.45) is 1.47. The van der Waals surface area contributed by atoms with Crippen molar-refractivity contribution in [3.8, 4) is 5.75 Å². The molecule has 1 aliphatic heterocycles. The maximum atomic E-state index is 13.9. The molecular formula is C25H18ClFN2O5. The summed E-state index contributed by atoms with van der Waals surface area (Å²) in [5.41, 5.74) is 1.63. The average Bonchev–Trinajstić information content (AvgIpc) is 3.07. The molecule has 0 aliphatic carbocycles. The monoisotopic (exact) mass is 480 g/mol. The van der Waals surface area contributed by atoms with Gasteiger partial charge in [0.15, 0.2) is 0 Å². The lowest BCUT2D eigenvalue weighted by Gasteiger charge is -2.12. The van der Waals surface area contributed by atoms with Gasteiger partial charge >= 0.3 is 12.0 Å². The average molecular weight is 481 g/mol. The quantitative estimate of drug-likeness (QED) is 0.372. The largest absolute Gasteiger partial charge is 0.487 e. The Hall–Kier alpha value is -4.17. The van der Waals surface area contributed by atoms with Gasteiger partial charge < -0.3 is 15.2 Å². The van der Waals surface area contributed by atoms with Crippen LogP contribution in [-0.4, -0.2) is 27.9 Å². The Kier molecular flexibility index (Phi) is 6.60. The Labute approximate surface area is 199 Å². The number of urea groups is 1. The molecule has 0 radical (unpaired) electrons. The first-order valence-electron chi connectivity index (χ1n) is 10.1. The Morgan fingerprint density at radius 3 is 2.62 bits per heavy atom. The van der Waals surface area contributed by atoms with E-state index in [-0.39, 0.29) is 35.0 Å². The van der Waals surface area contributed by atoms with E-state index in [1.54, 1.807) is 36.4 Å². The maximum Gasteiger partial charge on any atom is 0.335 e. The SMILES string of the molecule is O=C(O)c1cccc(COc2ccc(/C=C3/NC(=O)N(Cc4ccccc4F)C3=O)cc2Cl)c1. The van der Waals surface area contributed by atoms with Gasteiger partial charge in [0.25, 0.3) is 5.91 Å². The molecular weight excluding hydrogens is 463 g/mol. The summed E-state index contributed by atoms with van der Waals surface area (Å²) in [7, 11) is 0. The number of hydrogen-bond donors (Lipinski definition) is 2. The summed E-state index contributed by atoms with van der Waals surface area (Å²) < 4.78 is 19.6. The number of aromatic carboxylic acids is 1. The molecule has 0 unspecified atom stereocenters. The zero-order chi connectivity index (χ0) is 24.2. The number of ether oxygens (including phenoxy) is 1. The second-order valence-corrected chi connectivity index (χ2v) is 7.86. The second kappa shape index (κ2) is 9.76. The zero-order valence-electron chi connectivity index (χ0n) is 17.6. The Bertz CT molecular complexity index is 1320. The van der Waals surface area contributed by atoms with Gasteiger partial charge in [0.2, 0.25) is 0 Å². The predicted molar refractivity (Wildman–Crippen MR) is 123 cm³/mol. The van der Waals surface area contributed by atoms with Gasteiger partial charge in [-0.3, -0.25) is 9.69 Å². The van der Waals surface area contributed by atoms with Gasteiger partial charge in [-0.05, 0) is 47.5 Å². The number of carboxylic acids is 1. The fourth-order valence-corrected chi connectivity index (χ4v) is 3.60. The van der Waals surface area contributed by atoms with Crippen LogP contribution >= 0.6 is 11.6 Å². The number of benzene rings is 3. The van der Waals surface area contributed by atoms with Crippen LogP contribution in [0.4, 0.5) is 9.18 Å². The van der Waals surface area contributed by atoms with Gasteiger partial charge in [-0.2, -0.15) is 0 Å². The fourth-order valence-electron chi connectivity index (χ4n) is 3.36. The lowest BCUT2D eigenvalue weighted by Crippen LogP contribution is -2.30. The van der Waals surface area contributed by atoms with Crippen molar-refractivity contribution in [2.45, 2.75) is 13.2 Å². The van der Waals surface area contributed by atoms with Gasteiger partial charge in [0.05, 0.1) is 17.1 Å². The molecule has 1 saturated heterocycles. The van der Waals surface area contributed by atoms with Crippen molar-refractivity contribution >= 4 is 35.6 Å². The first-order valence-corrected chi connectivity index (χ1v) is 10.5. The number of halogens is 2. The molecule has 2 N–H and O–H groups in total. The van der Waals surface area contributed by atoms with Gasteiger partial charge in [0, 0.05) is 5.56 Å². The molecule has 3 amide bonds. The van der Waals surface area contributed by atoms with Gasteiger partial charge in [-0.15, -0.1) is 0 Å². The molecule has 3 aromatic rings. The van der Waals surface area contributed by atoms with E-state index in [4.69, 9.17) is 21.4 Å². The minimum absolute atomic E-state index is 0.0385. The molecule has 3 aromatic carbocycles. The third-order valence-corrected chi connectivity index (χ3v) is 5.38. The van der Waals surface area contributed by atoms with E-state index in [2.05, 4.69) is 5.32 Å². The van der Waals surface area contributed by atoms with Crippen LogP contribution in [0.2, 0.25) is 5.02 Å². The summed E-state index contributed by atoms with van der Waals surface area (Å²) in [6, 6.07) is 16.5. The highest BCUT2D eigenvalue weighted by molar-refractivity contribution is 6.32. The Morgan fingerprint density at radius 1 is 1.09 bits per heavy atom. The van der Waals surface area contributed by atoms with Crippen molar-refractivity contribution in [1.29, 1.82) is 0 Å². The van der Waals surface area contributed by atoms with Crippen LogP contribution < -0.4 is 10.1 Å². The second-order valence-electron chi connectivity index (χ2n) is 7.45. The van der Waals surface area contributed by atoms with E-state index >= 15 is 0 Å². The molecule has 1 aliphatic rings. The minimum Gasteiger partial charge on any atom is -0.487 e. The number of nitrogens with one attached hydrogen (secondary N) is 1. The molecule has 172 valence electrons. The van der Waals surface area contributed by atoms with Gasteiger partial charge in [-0.1, -0.05) is 48.0 Å². The lowest BCUT2D eigenvalue weighted by atomic mass is 10.1. The number of imide groups is 1. The molecule has 0 aromatic heterocycles. The van der Waals surface area contributed by atoms with Gasteiger partial charge in [0.1, 0.15) is 23.9 Å². The van der Waals surface area contributed by atoms with Crippen LogP contribution in [-0.2, 0) is 17.9 Å². The third kappa shape index (κ3) is 5.07. The first-order chi connectivity index (χ1) is 16.3. The van der Waals surface area contributed by atoms with E-state index < -0.39 is 23.7 Å². The molecule has 9 heteroatoms. The highest BCUT2D eigenvalue weighted by Gasteiger charge is 2.34. The van der Waals surface area contributed by atoms with Crippen LogP contribution in [0.1, 0.15) is 27.0 Å². The van der Waals surface area contributed by atoms with Crippen LogP contribution in [0.3, 0.4) is 0 Å². The number of carboxylic acid groups (broad SMARTS) is 1. The minimum atomic E-state index is -1.03. The standard InChI is InChI=1S/C25H18ClFN2O5/c26-19-11-15(8-9-22(19)34-14-16-4-3-6-17(10-16)24(31)32)12-21-23(30)29(25(33)28-21)13-18-5-1-2-7-20(18)27/h1-12H,13-14H2,(H,28,33)(H,31,32)/b21-12+. The summed E-state index contributed by atoms with van der Waals surface area (Å²) in [5, 5.41) is 11.8. The normalized spacial score (nSPS) is 14.4. The van der Waals surface area contributed by atoms with Crippen molar-refractivity contribution in [3.05, 3.63) is 106 Å². The molecule has 1 fully saturated rings. The maximum absolute atomic E-state index is 13.9. The number of rotatable bonds is 7. The van der Waals surface area contributed by atoms with E-state index in [9.17, 15) is 18.8 Å². The first kappa shape index (κ1) is 23.0. The number of hydrogen-bond acceptors (Lipinski definition) is 4. The summed E-state index contributed by atoms with van der Waals surface area (Å²) in [4.78, 5) is 37.0. The molecule has 4 rings (SSSR count). The van der Waals surface area contributed by atoms with Crippen LogP contribution in [0, 0.1) is 5.82 Å². The van der Waals surface area contributed by atoms with E-state index in [0.29, 0.717) is 16.9 Å². The number of carbonyl (C=O) groups excluding carboxylic acids is 2. The van der Waals surface area contributed by atoms with Crippen molar-refractivity contribution in [2.75, 3.05) is 0 Å². The molecule has 0 atom stereocenters. The smallest absolute Gasteiger partial charge is 0.335 e. The lowest BCUT2D eigenvalue weighted by molar-refractivity contribution is -0.123.